The average molecular weight is 255 g/mol. The minimum absolute atomic E-state index is 0.590. The zero-order chi connectivity index (χ0) is 13.1. The van der Waals surface area contributed by atoms with E-state index in [9.17, 15) is 0 Å². The first-order valence-electron chi connectivity index (χ1n) is 7.10. The van der Waals surface area contributed by atoms with Crippen molar-refractivity contribution in [1.82, 2.24) is 15.2 Å². The minimum atomic E-state index is 0.590. The quantitative estimate of drug-likeness (QED) is 0.893. The van der Waals surface area contributed by atoms with Crippen molar-refractivity contribution in [2.75, 3.05) is 19.6 Å². The molecule has 1 aliphatic rings. The van der Waals surface area contributed by atoms with E-state index in [2.05, 4.69) is 46.4 Å². The van der Waals surface area contributed by atoms with Gasteiger partial charge in [0.05, 0.1) is 0 Å². The molecule has 0 bridgehead atoms. The van der Waals surface area contributed by atoms with Crippen LogP contribution in [0.15, 0.2) is 36.7 Å². The van der Waals surface area contributed by atoms with Crippen molar-refractivity contribution in [3.05, 3.63) is 42.2 Å². The number of pyridine rings is 1. The number of rotatable bonds is 2. The number of hydrogen-bond donors (Lipinski definition) is 1. The highest BCUT2D eigenvalue weighted by Crippen LogP contribution is 2.16. The van der Waals surface area contributed by atoms with E-state index in [0.29, 0.717) is 6.04 Å². The Morgan fingerprint density at radius 3 is 3.21 bits per heavy atom. The molecule has 100 valence electrons. The predicted molar refractivity (Wildman–Crippen MR) is 79.1 cm³/mol. The molecule has 3 rings (SSSR count). The molecule has 3 heteroatoms. The fraction of sp³-hybridized carbons (Fsp3) is 0.438. The first kappa shape index (κ1) is 12.6. The molecule has 1 N–H and O–H groups in total. The topological polar surface area (TPSA) is 28.2 Å². The average Bonchev–Trinajstić information content (AvgIpc) is 2.63. The number of benzene rings is 1. The summed E-state index contributed by atoms with van der Waals surface area (Å²) in [5.41, 5.74) is 1.40. The molecule has 1 unspecified atom stereocenters. The lowest BCUT2D eigenvalue weighted by atomic mass is 10.1. The fourth-order valence-corrected chi connectivity index (χ4v) is 2.83. The molecule has 1 aromatic carbocycles. The second-order valence-electron chi connectivity index (χ2n) is 5.50. The number of fused-ring (bicyclic) bond motifs is 1. The lowest BCUT2D eigenvalue weighted by Gasteiger charge is -2.22. The molecule has 1 fully saturated rings. The monoisotopic (exact) mass is 255 g/mol. The Balaban J connectivity index is 1.76. The van der Waals surface area contributed by atoms with Crippen LogP contribution in [0.1, 0.15) is 18.9 Å². The zero-order valence-corrected chi connectivity index (χ0v) is 11.5. The Kier molecular flexibility index (Phi) is 3.76. The molecule has 1 saturated heterocycles. The summed E-state index contributed by atoms with van der Waals surface area (Å²) in [6, 6.07) is 9.38. The maximum absolute atomic E-state index is 4.16. The summed E-state index contributed by atoms with van der Waals surface area (Å²) >= 11 is 0. The molecule has 0 saturated carbocycles. The van der Waals surface area contributed by atoms with Crippen LogP contribution in [-0.2, 0) is 6.54 Å². The normalized spacial score (nSPS) is 21.4. The van der Waals surface area contributed by atoms with Gasteiger partial charge in [0, 0.05) is 36.9 Å². The molecule has 2 heterocycles. The van der Waals surface area contributed by atoms with Gasteiger partial charge in [-0.2, -0.15) is 0 Å². The van der Waals surface area contributed by atoms with Gasteiger partial charge in [-0.1, -0.05) is 12.1 Å². The van der Waals surface area contributed by atoms with Crippen LogP contribution in [0, 0.1) is 0 Å². The molecule has 0 spiro atoms. The molecule has 1 aliphatic heterocycles. The van der Waals surface area contributed by atoms with Gasteiger partial charge in [-0.15, -0.1) is 0 Å². The molecule has 1 atom stereocenters. The number of nitrogens with one attached hydrogen (secondary N) is 1. The van der Waals surface area contributed by atoms with E-state index in [1.54, 1.807) is 0 Å². The van der Waals surface area contributed by atoms with Crippen LogP contribution in [0.25, 0.3) is 10.8 Å². The van der Waals surface area contributed by atoms with Gasteiger partial charge < -0.3 is 5.32 Å². The third-order valence-electron chi connectivity index (χ3n) is 3.79. The maximum Gasteiger partial charge on any atom is 0.0346 e. The van der Waals surface area contributed by atoms with Gasteiger partial charge in [0.2, 0.25) is 0 Å². The third-order valence-corrected chi connectivity index (χ3v) is 3.79. The Bertz CT molecular complexity index is 552. The molecule has 19 heavy (non-hydrogen) atoms. The van der Waals surface area contributed by atoms with Crippen molar-refractivity contribution in [2.45, 2.75) is 25.9 Å². The van der Waals surface area contributed by atoms with E-state index in [0.717, 1.165) is 19.6 Å². The number of nitrogens with zero attached hydrogens (tertiary/aromatic N) is 2. The molecule has 0 amide bonds. The lowest BCUT2D eigenvalue weighted by molar-refractivity contribution is 0.265. The van der Waals surface area contributed by atoms with E-state index >= 15 is 0 Å². The minimum Gasteiger partial charge on any atom is -0.313 e. The second kappa shape index (κ2) is 5.68. The van der Waals surface area contributed by atoms with Crippen molar-refractivity contribution in [3.8, 4) is 0 Å². The molecular formula is C16H21N3. The van der Waals surface area contributed by atoms with E-state index in [1.165, 1.54) is 29.3 Å². The lowest BCUT2D eigenvalue weighted by Crippen LogP contribution is -2.34. The highest BCUT2D eigenvalue weighted by Gasteiger charge is 2.14. The van der Waals surface area contributed by atoms with E-state index < -0.39 is 0 Å². The fourth-order valence-electron chi connectivity index (χ4n) is 2.83. The summed E-state index contributed by atoms with van der Waals surface area (Å²) in [6.45, 7) is 6.77. The van der Waals surface area contributed by atoms with Crippen molar-refractivity contribution in [3.63, 3.8) is 0 Å². The van der Waals surface area contributed by atoms with Crippen molar-refractivity contribution >= 4 is 10.8 Å². The maximum atomic E-state index is 4.16. The number of hydrogen-bond acceptors (Lipinski definition) is 3. The van der Waals surface area contributed by atoms with Gasteiger partial charge in [0.1, 0.15) is 0 Å². The van der Waals surface area contributed by atoms with Gasteiger partial charge in [-0.25, -0.2) is 0 Å². The molecule has 0 aliphatic carbocycles. The van der Waals surface area contributed by atoms with Gasteiger partial charge in [0.25, 0.3) is 0 Å². The van der Waals surface area contributed by atoms with Crippen LogP contribution in [0.4, 0.5) is 0 Å². The standard InChI is InChI=1S/C16H21N3/c1-13-11-19(8-2-6-18-13)12-14-3-4-16-10-17-7-5-15(16)9-14/h3-5,7,9-10,13,18H,2,6,8,11-12H2,1H3. The van der Waals surface area contributed by atoms with E-state index in [-0.39, 0.29) is 0 Å². The largest absolute Gasteiger partial charge is 0.313 e. The zero-order valence-electron chi connectivity index (χ0n) is 11.5. The molecular weight excluding hydrogens is 234 g/mol. The van der Waals surface area contributed by atoms with Gasteiger partial charge >= 0.3 is 0 Å². The second-order valence-corrected chi connectivity index (χ2v) is 5.50. The van der Waals surface area contributed by atoms with Crippen LogP contribution in [0.2, 0.25) is 0 Å². The molecule has 3 nitrogen and oxygen atoms in total. The third kappa shape index (κ3) is 3.11. The highest BCUT2D eigenvalue weighted by atomic mass is 15.2. The summed E-state index contributed by atoms with van der Waals surface area (Å²) in [5.74, 6) is 0. The Morgan fingerprint density at radius 2 is 2.26 bits per heavy atom. The SMILES string of the molecule is CC1CN(Cc2ccc3cnccc3c2)CCCN1. The Morgan fingerprint density at radius 1 is 1.32 bits per heavy atom. The van der Waals surface area contributed by atoms with E-state index in [1.807, 2.05) is 12.4 Å². The summed E-state index contributed by atoms with van der Waals surface area (Å²) in [6.07, 6.45) is 5.03. The van der Waals surface area contributed by atoms with Crippen molar-refractivity contribution in [2.24, 2.45) is 0 Å². The smallest absolute Gasteiger partial charge is 0.0346 e. The summed E-state index contributed by atoms with van der Waals surface area (Å²) in [7, 11) is 0. The summed E-state index contributed by atoms with van der Waals surface area (Å²) in [4.78, 5) is 6.71. The van der Waals surface area contributed by atoms with Crippen LogP contribution in [-0.4, -0.2) is 35.6 Å². The van der Waals surface area contributed by atoms with E-state index in [4.69, 9.17) is 0 Å². The Labute approximate surface area is 114 Å². The van der Waals surface area contributed by atoms with Gasteiger partial charge in [-0.05, 0) is 49.5 Å². The summed E-state index contributed by atoms with van der Waals surface area (Å²) < 4.78 is 0. The number of aromatic nitrogens is 1. The predicted octanol–water partition coefficient (Wildman–Crippen LogP) is 2.42. The van der Waals surface area contributed by atoms with Crippen LogP contribution in [0.3, 0.4) is 0 Å². The van der Waals surface area contributed by atoms with Crippen molar-refractivity contribution in [1.29, 1.82) is 0 Å². The first-order chi connectivity index (χ1) is 9.31. The molecule has 2 aromatic rings. The van der Waals surface area contributed by atoms with Gasteiger partial charge in [0.15, 0.2) is 0 Å². The van der Waals surface area contributed by atoms with Crippen LogP contribution < -0.4 is 5.32 Å². The Hall–Kier alpha value is -1.45. The summed E-state index contributed by atoms with van der Waals surface area (Å²) in [5, 5.41) is 6.05. The van der Waals surface area contributed by atoms with Crippen molar-refractivity contribution < 1.29 is 0 Å². The van der Waals surface area contributed by atoms with Gasteiger partial charge in [-0.3, -0.25) is 9.88 Å². The molecule has 1 aromatic heterocycles. The highest BCUT2D eigenvalue weighted by molar-refractivity contribution is 5.81. The van der Waals surface area contributed by atoms with Crippen LogP contribution >= 0.6 is 0 Å². The van der Waals surface area contributed by atoms with Crippen LogP contribution in [0.5, 0.6) is 0 Å². The molecule has 0 radical (unpaired) electrons. The first-order valence-corrected chi connectivity index (χ1v) is 7.10.